The summed E-state index contributed by atoms with van der Waals surface area (Å²) in [4.78, 5) is 23.2. The van der Waals surface area contributed by atoms with Crippen molar-refractivity contribution in [2.45, 2.75) is 33.3 Å². The van der Waals surface area contributed by atoms with Crippen LogP contribution in [0.1, 0.15) is 33.3 Å². The first kappa shape index (κ1) is 20.5. The minimum atomic E-state index is -0.599. The van der Waals surface area contributed by atoms with E-state index in [9.17, 15) is 9.59 Å². The molecule has 1 aromatic rings. The van der Waals surface area contributed by atoms with E-state index < -0.39 is 17.7 Å². The fourth-order valence-electron chi connectivity index (χ4n) is 1.72. The molecular formula is C18H25NO6. The molecule has 1 aromatic carbocycles. The number of esters is 1. The van der Waals surface area contributed by atoms with E-state index in [1.807, 2.05) is 6.92 Å². The lowest BCUT2D eigenvalue weighted by Gasteiger charge is -2.20. The summed E-state index contributed by atoms with van der Waals surface area (Å²) in [7, 11) is 1.29. The molecule has 0 spiro atoms. The van der Waals surface area contributed by atoms with Gasteiger partial charge in [0.25, 0.3) is 0 Å². The lowest BCUT2D eigenvalue weighted by Crippen LogP contribution is -2.27. The molecule has 0 aliphatic rings. The minimum absolute atomic E-state index is 0.0778. The van der Waals surface area contributed by atoms with Crippen LogP contribution in [0.3, 0.4) is 0 Å². The fourth-order valence-corrected chi connectivity index (χ4v) is 1.72. The number of methoxy groups -OCH3 is 1. The Hall–Kier alpha value is -2.54. The molecule has 138 valence electrons. The number of carbonyl (C=O) groups is 2. The molecule has 1 N–H and O–H groups in total. The average molecular weight is 351 g/mol. The molecule has 7 heteroatoms. The van der Waals surface area contributed by atoms with Gasteiger partial charge in [-0.3, -0.25) is 5.32 Å². The van der Waals surface area contributed by atoms with Crippen molar-refractivity contribution in [1.82, 2.24) is 0 Å². The summed E-state index contributed by atoms with van der Waals surface area (Å²) in [5.74, 6) is 0.00426. The number of ether oxygens (including phenoxy) is 4. The lowest BCUT2D eigenvalue weighted by molar-refractivity contribution is -0.134. The number of hydrogen-bond acceptors (Lipinski definition) is 6. The number of anilines is 1. The zero-order valence-corrected chi connectivity index (χ0v) is 15.3. The van der Waals surface area contributed by atoms with E-state index in [4.69, 9.17) is 14.2 Å². The van der Waals surface area contributed by atoms with Gasteiger partial charge in [-0.1, -0.05) is 0 Å². The first-order chi connectivity index (χ1) is 11.7. The van der Waals surface area contributed by atoms with Crippen LogP contribution in [-0.4, -0.2) is 38.2 Å². The van der Waals surface area contributed by atoms with Gasteiger partial charge in [-0.15, -0.1) is 0 Å². The molecule has 0 radical (unpaired) electrons. The van der Waals surface area contributed by atoms with Crippen LogP contribution in [0, 0.1) is 0 Å². The standard InChI is InChI=1S/C18H25NO6/c1-6-23-12-24-15-9-8-14(19-17(21)25-18(2,3)4)11-13(15)7-10-16(20)22-5/h7-11H,6,12H2,1-5H3,(H,19,21). The molecule has 0 aliphatic heterocycles. The first-order valence-corrected chi connectivity index (χ1v) is 7.85. The molecule has 0 aliphatic carbocycles. The van der Waals surface area contributed by atoms with Crippen LogP contribution in [0.2, 0.25) is 0 Å². The van der Waals surface area contributed by atoms with Gasteiger partial charge in [0.1, 0.15) is 11.4 Å². The van der Waals surface area contributed by atoms with Gasteiger partial charge < -0.3 is 18.9 Å². The van der Waals surface area contributed by atoms with Crippen LogP contribution in [0.25, 0.3) is 6.08 Å². The number of amides is 1. The Kier molecular flexibility index (Phi) is 7.94. The normalized spacial score (nSPS) is 11.2. The van der Waals surface area contributed by atoms with Crippen LogP contribution in [-0.2, 0) is 19.0 Å². The number of carbonyl (C=O) groups excluding carboxylic acids is 2. The van der Waals surface area contributed by atoms with Gasteiger partial charge in [-0.25, -0.2) is 9.59 Å². The van der Waals surface area contributed by atoms with E-state index >= 15 is 0 Å². The largest absolute Gasteiger partial charge is 0.467 e. The van der Waals surface area contributed by atoms with Gasteiger partial charge >= 0.3 is 12.1 Å². The van der Waals surface area contributed by atoms with Gasteiger partial charge in [-0.05, 0) is 52.0 Å². The number of nitrogens with one attached hydrogen (secondary N) is 1. The molecule has 25 heavy (non-hydrogen) atoms. The highest BCUT2D eigenvalue weighted by Crippen LogP contribution is 2.25. The van der Waals surface area contributed by atoms with E-state index in [1.165, 1.54) is 19.3 Å². The molecule has 0 saturated heterocycles. The second-order valence-corrected chi connectivity index (χ2v) is 5.99. The van der Waals surface area contributed by atoms with Crippen LogP contribution in [0.4, 0.5) is 10.5 Å². The molecule has 0 saturated carbocycles. The second-order valence-electron chi connectivity index (χ2n) is 5.99. The van der Waals surface area contributed by atoms with Gasteiger partial charge in [0, 0.05) is 23.9 Å². The zero-order chi connectivity index (χ0) is 18.9. The van der Waals surface area contributed by atoms with Crippen molar-refractivity contribution >= 4 is 23.8 Å². The van der Waals surface area contributed by atoms with Crippen LogP contribution < -0.4 is 10.1 Å². The van der Waals surface area contributed by atoms with Gasteiger partial charge in [0.2, 0.25) is 0 Å². The monoisotopic (exact) mass is 351 g/mol. The summed E-state index contributed by atoms with van der Waals surface area (Å²) >= 11 is 0. The van der Waals surface area contributed by atoms with Crippen molar-refractivity contribution in [2.24, 2.45) is 0 Å². The van der Waals surface area contributed by atoms with E-state index in [0.717, 1.165) is 0 Å². The first-order valence-electron chi connectivity index (χ1n) is 7.85. The molecule has 7 nitrogen and oxygen atoms in total. The lowest BCUT2D eigenvalue weighted by atomic mass is 10.1. The van der Waals surface area contributed by atoms with E-state index in [1.54, 1.807) is 39.0 Å². The molecular weight excluding hydrogens is 326 g/mol. The fraction of sp³-hybridized carbons (Fsp3) is 0.444. The number of benzene rings is 1. The second kappa shape index (κ2) is 9.68. The maximum atomic E-state index is 11.9. The highest BCUT2D eigenvalue weighted by atomic mass is 16.7. The molecule has 0 bridgehead atoms. The van der Waals surface area contributed by atoms with Crippen molar-refractivity contribution in [2.75, 3.05) is 25.8 Å². The Labute approximate surface area is 147 Å². The molecule has 0 fully saturated rings. The third-order valence-corrected chi connectivity index (χ3v) is 2.76. The average Bonchev–Trinajstić information content (AvgIpc) is 2.52. The third kappa shape index (κ3) is 8.21. The maximum absolute atomic E-state index is 11.9. The van der Waals surface area contributed by atoms with E-state index in [2.05, 4.69) is 10.1 Å². The smallest absolute Gasteiger partial charge is 0.412 e. The summed E-state index contributed by atoms with van der Waals surface area (Å²) in [5, 5.41) is 2.64. The summed E-state index contributed by atoms with van der Waals surface area (Å²) in [6.45, 7) is 7.79. The van der Waals surface area contributed by atoms with Crippen LogP contribution in [0.15, 0.2) is 24.3 Å². The Bertz CT molecular complexity index is 618. The SMILES string of the molecule is CCOCOc1ccc(NC(=O)OC(C)(C)C)cc1C=CC(=O)OC. The Morgan fingerprint density at radius 3 is 2.56 bits per heavy atom. The minimum Gasteiger partial charge on any atom is -0.467 e. The van der Waals surface area contributed by atoms with E-state index in [0.29, 0.717) is 23.6 Å². The van der Waals surface area contributed by atoms with Crippen molar-refractivity contribution < 1.29 is 28.5 Å². The molecule has 1 amide bonds. The summed E-state index contributed by atoms with van der Waals surface area (Å²) in [6, 6.07) is 4.99. The number of rotatable bonds is 7. The van der Waals surface area contributed by atoms with Crippen molar-refractivity contribution in [3.63, 3.8) is 0 Å². The molecule has 0 aromatic heterocycles. The zero-order valence-electron chi connectivity index (χ0n) is 15.3. The van der Waals surface area contributed by atoms with Crippen LogP contribution in [0.5, 0.6) is 5.75 Å². The van der Waals surface area contributed by atoms with E-state index in [-0.39, 0.29) is 6.79 Å². The van der Waals surface area contributed by atoms with Crippen molar-refractivity contribution in [1.29, 1.82) is 0 Å². The summed E-state index contributed by atoms with van der Waals surface area (Å²) in [5.41, 5.74) is 0.485. The quantitative estimate of drug-likeness (QED) is 0.350. The number of hydrogen-bond donors (Lipinski definition) is 1. The highest BCUT2D eigenvalue weighted by molar-refractivity contribution is 5.89. The third-order valence-electron chi connectivity index (χ3n) is 2.76. The maximum Gasteiger partial charge on any atom is 0.412 e. The Morgan fingerprint density at radius 2 is 1.96 bits per heavy atom. The summed E-state index contributed by atoms with van der Waals surface area (Å²) in [6.07, 6.45) is 2.23. The van der Waals surface area contributed by atoms with Crippen molar-refractivity contribution in [3.05, 3.63) is 29.8 Å². The van der Waals surface area contributed by atoms with Gasteiger partial charge in [-0.2, -0.15) is 0 Å². The van der Waals surface area contributed by atoms with Gasteiger partial charge in [0.05, 0.1) is 7.11 Å². The molecule has 0 unspecified atom stereocenters. The molecule has 0 heterocycles. The van der Waals surface area contributed by atoms with Crippen molar-refractivity contribution in [3.8, 4) is 5.75 Å². The predicted octanol–water partition coefficient (Wildman–Crippen LogP) is 3.59. The molecule has 0 atom stereocenters. The van der Waals surface area contributed by atoms with Crippen LogP contribution >= 0.6 is 0 Å². The topological polar surface area (TPSA) is 83.1 Å². The Balaban J connectivity index is 2.95. The summed E-state index contributed by atoms with van der Waals surface area (Å²) < 4.78 is 20.5. The molecule has 1 rings (SSSR count). The Morgan fingerprint density at radius 1 is 1.24 bits per heavy atom. The predicted molar refractivity (Wildman–Crippen MR) is 94.5 cm³/mol. The van der Waals surface area contributed by atoms with Gasteiger partial charge in [0.15, 0.2) is 6.79 Å². The highest BCUT2D eigenvalue weighted by Gasteiger charge is 2.16.